The number of nitrogens with zero attached hydrogens (tertiary/aromatic N) is 2. The molecule has 1 aliphatic carbocycles. The second-order valence-corrected chi connectivity index (χ2v) is 5.79. The quantitative estimate of drug-likeness (QED) is 0.863. The molecule has 1 atom stereocenters. The number of imidazole rings is 1. The molecule has 0 aromatic carbocycles. The fourth-order valence-electron chi connectivity index (χ4n) is 2.84. The Kier molecular flexibility index (Phi) is 3.19. The van der Waals surface area contributed by atoms with Crippen molar-refractivity contribution in [3.8, 4) is 0 Å². The fourth-order valence-corrected chi connectivity index (χ4v) is 2.84. The van der Waals surface area contributed by atoms with Gasteiger partial charge in [-0.05, 0) is 57.5 Å². The number of hydrogen-bond donors (Lipinski definition) is 1. The molecular formula is C14H23N3. The van der Waals surface area contributed by atoms with Crippen LogP contribution in [0.1, 0.15) is 37.2 Å². The van der Waals surface area contributed by atoms with E-state index in [4.69, 9.17) is 0 Å². The molecule has 2 fully saturated rings. The highest BCUT2D eigenvalue weighted by atomic mass is 15.1. The van der Waals surface area contributed by atoms with Gasteiger partial charge in [0.25, 0.3) is 0 Å². The van der Waals surface area contributed by atoms with Gasteiger partial charge in [-0.1, -0.05) is 0 Å². The smallest absolute Gasteiger partial charge is 0.109 e. The molecule has 1 aliphatic heterocycles. The molecule has 0 radical (unpaired) electrons. The molecule has 1 saturated carbocycles. The average Bonchev–Trinajstić information content (AvgIpc) is 3.10. The Hall–Kier alpha value is -0.830. The summed E-state index contributed by atoms with van der Waals surface area (Å²) in [6, 6.07) is 0. The van der Waals surface area contributed by atoms with Gasteiger partial charge < -0.3 is 9.88 Å². The first-order chi connectivity index (χ1) is 8.33. The molecule has 1 aromatic heterocycles. The van der Waals surface area contributed by atoms with Crippen molar-refractivity contribution in [2.24, 2.45) is 11.8 Å². The van der Waals surface area contributed by atoms with Gasteiger partial charge >= 0.3 is 0 Å². The maximum Gasteiger partial charge on any atom is 0.109 e. The van der Waals surface area contributed by atoms with E-state index in [0.717, 1.165) is 18.3 Å². The summed E-state index contributed by atoms with van der Waals surface area (Å²) in [7, 11) is 0. The molecule has 0 amide bonds. The van der Waals surface area contributed by atoms with Crippen LogP contribution in [0.2, 0.25) is 0 Å². The fraction of sp³-hybridized carbons (Fsp3) is 0.786. The van der Waals surface area contributed by atoms with Crippen molar-refractivity contribution in [1.29, 1.82) is 0 Å². The molecule has 1 aromatic rings. The number of hydrogen-bond acceptors (Lipinski definition) is 2. The maximum absolute atomic E-state index is 4.63. The standard InChI is InChI=1S/C14H23N3/c1-11-8-16-14(17(11)10-12-4-5-12)7-13-3-2-6-15-9-13/h8,12-13,15H,2-7,9-10H2,1H3. The molecule has 17 heavy (non-hydrogen) atoms. The predicted molar refractivity (Wildman–Crippen MR) is 69.0 cm³/mol. The van der Waals surface area contributed by atoms with Gasteiger partial charge in [-0.25, -0.2) is 4.98 Å². The van der Waals surface area contributed by atoms with Crippen LogP contribution in [0.4, 0.5) is 0 Å². The third kappa shape index (κ3) is 2.71. The third-order valence-electron chi connectivity index (χ3n) is 4.15. The van der Waals surface area contributed by atoms with Crippen LogP contribution in [0.25, 0.3) is 0 Å². The van der Waals surface area contributed by atoms with Crippen LogP contribution < -0.4 is 5.32 Å². The van der Waals surface area contributed by atoms with Crippen molar-refractivity contribution < 1.29 is 0 Å². The zero-order chi connectivity index (χ0) is 11.7. The second-order valence-electron chi connectivity index (χ2n) is 5.79. The van der Waals surface area contributed by atoms with E-state index in [1.807, 2.05) is 6.20 Å². The van der Waals surface area contributed by atoms with Gasteiger partial charge in [-0.3, -0.25) is 0 Å². The molecule has 3 nitrogen and oxygen atoms in total. The van der Waals surface area contributed by atoms with E-state index in [0.29, 0.717) is 0 Å². The van der Waals surface area contributed by atoms with Gasteiger partial charge in [-0.2, -0.15) is 0 Å². The van der Waals surface area contributed by atoms with E-state index < -0.39 is 0 Å². The van der Waals surface area contributed by atoms with Crippen molar-refractivity contribution in [3.05, 3.63) is 17.7 Å². The second kappa shape index (κ2) is 4.81. The molecule has 1 unspecified atom stereocenters. The molecule has 0 bridgehead atoms. The molecular weight excluding hydrogens is 210 g/mol. The molecule has 2 heterocycles. The zero-order valence-corrected chi connectivity index (χ0v) is 10.8. The van der Waals surface area contributed by atoms with Gasteiger partial charge in [-0.15, -0.1) is 0 Å². The molecule has 2 aliphatic rings. The Labute approximate surface area is 104 Å². The number of rotatable bonds is 4. The van der Waals surface area contributed by atoms with E-state index in [1.165, 1.54) is 56.8 Å². The van der Waals surface area contributed by atoms with Crippen LogP contribution >= 0.6 is 0 Å². The molecule has 1 N–H and O–H groups in total. The van der Waals surface area contributed by atoms with Gasteiger partial charge in [0.05, 0.1) is 0 Å². The van der Waals surface area contributed by atoms with E-state index in [2.05, 4.69) is 21.8 Å². The molecule has 1 saturated heterocycles. The van der Waals surface area contributed by atoms with E-state index in [1.54, 1.807) is 0 Å². The van der Waals surface area contributed by atoms with Crippen molar-refractivity contribution in [1.82, 2.24) is 14.9 Å². The summed E-state index contributed by atoms with van der Waals surface area (Å²) in [5.74, 6) is 3.05. The first-order valence-electron chi connectivity index (χ1n) is 7.04. The van der Waals surface area contributed by atoms with Crippen molar-refractivity contribution in [3.63, 3.8) is 0 Å². The molecule has 3 heteroatoms. The van der Waals surface area contributed by atoms with Gasteiger partial charge in [0, 0.05) is 24.9 Å². The van der Waals surface area contributed by atoms with Gasteiger partial charge in [0.1, 0.15) is 5.82 Å². The average molecular weight is 233 g/mol. The van der Waals surface area contributed by atoms with Crippen LogP contribution in [0.15, 0.2) is 6.20 Å². The summed E-state index contributed by atoms with van der Waals surface area (Å²) in [6.07, 6.45) is 8.74. The van der Waals surface area contributed by atoms with Crippen molar-refractivity contribution in [2.75, 3.05) is 13.1 Å². The number of piperidine rings is 1. The Balaban J connectivity index is 1.68. The number of aryl methyl sites for hydroxylation is 1. The summed E-state index contributed by atoms with van der Waals surface area (Å²) in [5, 5.41) is 3.50. The Morgan fingerprint density at radius 1 is 1.35 bits per heavy atom. The van der Waals surface area contributed by atoms with Crippen molar-refractivity contribution >= 4 is 0 Å². The van der Waals surface area contributed by atoms with Crippen LogP contribution in [0.5, 0.6) is 0 Å². The van der Waals surface area contributed by atoms with E-state index in [-0.39, 0.29) is 0 Å². The molecule has 94 valence electrons. The third-order valence-corrected chi connectivity index (χ3v) is 4.15. The maximum atomic E-state index is 4.63. The Morgan fingerprint density at radius 3 is 2.94 bits per heavy atom. The summed E-state index contributed by atoms with van der Waals surface area (Å²) >= 11 is 0. The van der Waals surface area contributed by atoms with Crippen molar-refractivity contribution in [2.45, 2.75) is 45.6 Å². The number of nitrogens with one attached hydrogen (secondary N) is 1. The van der Waals surface area contributed by atoms with Gasteiger partial charge in [0.15, 0.2) is 0 Å². The topological polar surface area (TPSA) is 29.9 Å². The SMILES string of the molecule is Cc1cnc(CC2CCCNC2)n1CC1CC1. The van der Waals surface area contributed by atoms with Crippen LogP contribution in [0, 0.1) is 18.8 Å². The van der Waals surface area contributed by atoms with E-state index >= 15 is 0 Å². The van der Waals surface area contributed by atoms with Gasteiger partial charge in [0.2, 0.25) is 0 Å². The van der Waals surface area contributed by atoms with Crippen LogP contribution in [0.3, 0.4) is 0 Å². The molecule has 0 spiro atoms. The van der Waals surface area contributed by atoms with Crippen LogP contribution in [-0.4, -0.2) is 22.6 Å². The predicted octanol–water partition coefficient (Wildman–Crippen LogP) is 2.14. The lowest BCUT2D eigenvalue weighted by Crippen LogP contribution is -2.31. The molecule has 3 rings (SSSR count). The Morgan fingerprint density at radius 2 is 2.24 bits per heavy atom. The monoisotopic (exact) mass is 233 g/mol. The lowest BCUT2D eigenvalue weighted by Gasteiger charge is -2.23. The van der Waals surface area contributed by atoms with E-state index in [9.17, 15) is 0 Å². The summed E-state index contributed by atoms with van der Waals surface area (Å²) < 4.78 is 2.46. The largest absolute Gasteiger partial charge is 0.332 e. The highest BCUT2D eigenvalue weighted by Gasteiger charge is 2.24. The minimum Gasteiger partial charge on any atom is -0.332 e. The first-order valence-corrected chi connectivity index (χ1v) is 7.04. The minimum absolute atomic E-state index is 0.795. The highest BCUT2D eigenvalue weighted by Crippen LogP contribution is 2.31. The summed E-state index contributed by atoms with van der Waals surface area (Å²) in [5.41, 5.74) is 1.34. The summed E-state index contributed by atoms with van der Waals surface area (Å²) in [6.45, 7) is 5.78. The Bertz CT molecular complexity index is 373. The lowest BCUT2D eigenvalue weighted by atomic mass is 9.96. The lowest BCUT2D eigenvalue weighted by molar-refractivity contribution is 0.365. The van der Waals surface area contributed by atoms with Crippen LogP contribution in [-0.2, 0) is 13.0 Å². The summed E-state index contributed by atoms with van der Waals surface area (Å²) in [4.78, 5) is 4.63. The number of aromatic nitrogens is 2. The zero-order valence-electron chi connectivity index (χ0n) is 10.8. The minimum atomic E-state index is 0.795. The first kappa shape index (κ1) is 11.3. The normalized spacial score (nSPS) is 25.1. The highest BCUT2D eigenvalue weighted by molar-refractivity contribution is 5.05.